The molecular formula is C64H71N9O7. The van der Waals surface area contributed by atoms with Crippen molar-refractivity contribution in [2.24, 2.45) is 0 Å². The van der Waals surface area contributed by atoms with Crippen LogP contribution >= 0.6 is 0 Å². The third-order valence-electron chi connectivity index (χ3n) is 14.7. The Balaban J connectivity index is 0.000000136. The zero-order chi connectivity index (χ0) is 55.9. The van der Waals surface area contributed by atoms with Gasteiger partial charge in [0.2, 0.25) is 0 Å². The Morgan fingerprint density at radius 2 is 1.02 bits per heavy atom. The van der Waals surface area contributed by atoms with Crippen LogP contribution in [0.5, 0.6) is 34.5 Å². The van der Waals surface area contributed by atoms with Crippen molar-refractivity contribution in [3.8, 4) is 68.3 Å². The van der Waals surface area contributed by atoms with Gasteiger partial charge in [-0.1, -0.05) is 56.7 Å². The molecule has 7 N–H and O–H groups in total. The SMILES string of the molecule is CCCc1cccc(Nc2n[nH]c3c2Cc2cc(OCC)c(OCCCO)cc2-3)c1.CC[C@@H]1c2cc(OC)c(OC)cc2-c2[nH]nc(Nc3cccc(C)c3)c21.COc1cc2c(cc1OC)-c1[nH]nc(Nc3cccc(C)c3)c1C2. The van der Waals surface area contributed by atoms with Crippen molar-refractivity contribution < 1.29 is 33.5 Å². The number of aliphatic hydroxyl groups is 1. The number of nitrogens with zero attached hydrogens (tertiary/aromatic N) is 3. The van der Waals surface area contributed by atoms with E-state index in [0.29, 0.717) is 25.4 Å². The molecule has 3 heterocycles. The van der Waals surface area contributed by atoms with Crippen LogP contribution in [0, 0.1) is 13.8 Å². The van der Waals surface area contributed by atoms with Crippen LogP contribution in [0.3, 0.4) is 0 Å². The van der Waals surface area contributed by atoms with Gasteiger partial charge < -0.3 is 49.5 Å². The fourth-order valence-electron chi connectivity index (χ4n) is 10.9. The summed E-state index contributed by atoms with van der Waals surface area (Å²) in [5.41, 5.74) is 20.5. The van der Waals surface area contributed by atoms with Crippen molar-refractivity contribution in [3.05, 3.63) is 159 Å². The number of nitrogens with one attached hydrogen (secondary N) is 6. The molecule has 6 aromatic carbocycles. The Morgan fingerprint density at radius 1 is 0.537 bits per heavy atom. The zero-order valence-corrected chi connectivity index (χ0v) is 47.1. The molecule has 414 valence electrons. The van der Waals surface area contributed by atoms with Crippen LogP contribution in [0.1, 0.15) is 96.0 Å². The van der Waals surface area contributed by atoms with E-state index in [2.05, 4.69) is 141 Å². The molecule has 16 nitrogen and oxygen atoms in total. The van der Waals surface area contributed by atoms with Crippen molar-refractivity contribution in [1.82, 2.24) is 30.6 Å². The normalized spacial score (nSPS) is 12.8. The quantitative estimate of drug-likeness (QED) is 0.0378. The molecule has 9 aromatic rings. The Hall–Kier alpha value is -8.89. The molecule has 16 heteroatoms. The van der Waals surface area contributed by atoms with Crippen LogP contribution in [0.4, 0.5) is 34.5 Å². The monoisotopic (exact) mass is 1080 g/mol. The third-order valence-corrected chi connectivity index (χ3v) is 14.7. The highest BCUT2D eigenvalue weighted by molar-refractivity contribution is 5.85. The molecule has 0 saturated carbocycles. The van der Waals surface area contributed by atoms with Gasteiger partial charge in [0, 0.05) is 82.2 Å². The van der Waals surface area contributed by atoms with Crippen LogP contribution in [-0.4, -0.2) is 84.0 Å². The zero-order valence-electron chi connectivity index (χ0n) is 47.1. The molecule has 0 unspecified atom stereocenters. The highest BCUT2D eigenvalue weighted by Gasteiger charge is 2.35. The maximum Gasteiger partial charge on any atom is 0.161 e. The van der Waals surface area contributed by atoms with Crippen LogP contribution in [-0.2, 0) is 19.3 Å². The lowest BCUT2D eigenvalue weighted by Gasteiger charge is -2.15. The van der Waals surface area contributed by atoms with E-state index in [4.69, 9.17) is 33.5 Å². The van der Waals surface area contributed by atoms with E-state index < -0.39 is 0 Å². The molecule has 12 rings (SSSR count). The standard InChI is InChI=1S/C24H29N3O3.C21H23N3O2.C19H19N3O2/c1-3-7-16-8-5-9-18(12-16)25-24-20-13-17-14-21(29-4-2)22(30-11-6-10-28)15-19(17)23(20)26-27-24;1-5-14-15-10-17(25-3)18(26-4)11-16(15)20-19(14)21(24-23-20)22-13-8-6-7-12(2)9-13;1-11-5-4-6-13(7-11)20-19-15-8-12-9-16(23-2)17(24-3)10-14(12)18(15)21-22-19/h5,8-9,12,14-15,28H,3-4,6-7,10-11,13H2,1-2H3,(H2,25,26,27);6-11,14H,5H2,1-4H3,(H2,22,23,24);4-7,9-10H,8H2,1-3H3,(H2,20,21,22)/t;14-;/m.1./s1. The Bertz CT molecular complexity index is 3640. The molecule has 0 aliphatic heterocycles. The number of rotatable bonds is 19. The number of aromatic nitrogens is 6. The molecule has 0 spiro atoms. The minimum Gasteiger partial charge on any atom is -0.493 e. The number of H-pyrrole nitrogens is 3. The van der Waals surface area contributed by atoms with Gasteiger partial charge in [0.15, 0.2) is 52.0 Å². The van der Waals surface area contributed by atoms with E-state index in [9.17, 15) is 0 Å². The smallest absolute Gasteiger partial charge is 0.161 e. The van der Waals surface area contributed by atoms with Crippen molar-refractivity contribution in [2.75, 3.05) is 64.2 Å². The number of aryl methyl sites for hydroxylation is 3. The van der Waals surface area contributed by atoms with Crippen molar-refractivity contribution >= 4 is 34.5 Å². The van der Waals surface area contributed by atoms with E-state index in [-0.39, 0.29) is 12.5 Å². The summed E-state index contributed by atoms with van der Waals surface area (Å²) in [5.74, 6) is 7.29. The predicted molar refractivity (Wildman–Crippen MR) is 317 cm³/mol. The summed E-state index contributed by atoms with van der Waals surface area (Å²) < 4.78 is 33.5. The topological polar surface area (TPSA) is 198 Å². The lowest BCUT2D eigenvalue weighted by molar-refractivity contribution is 0.225. The minimum atomic E-state index is 0.105. The molecule has 3 aromatic heterocycles. The van der Waals surface area contributed by atoms with Gasteiger partial charge in [-0.15, -0.1) is 0 Å². The third kappa shape index (κ3) is 11.2. The first-order valence-corrected chi connectivity index (χ1v) is 27.4. The summed E-state index contributed by atoms with van der Waals surface area (Å²) in [6.45, 7) is 11.6. The van der Waals surface area contributed by atoms with E-state index in [1.165, 1.54) is 44.5 Å². The van der Waals surface area contributed by atoms with Crippen molar-refractivity contribution in [1.29, 1.82) is 0 Å². The number of aliphatic hydroxyl groups excluding tert-OH is 1. The van der Waals surface area contributed by atoms with Gasteiger partial charge in [0.1, 0.15) is 0 Å². The molecule has 0 bridgehead atoms. The second kappa shape index (κ2) is 24.4. The lowest BCUT2D eigenvalue weighted by Crippen LogP contribution is -2.03. The maximum atomic E-state index is 9.04. The minimum absolute atomic E-state index is 0.105. The van der Waals surface area contributed by atoms with Crippen LogP contribution in [0.2, 0.25) is 0 Å². The first-order valence-electron chi connectivity index (χ1n) is 27.4. The number of hydrogen-bond acceptors (Lipinski definition) is 13. The van der Waals surface area contributed by atoms with Crippen LogP contribution < -0.4 is 44.4 Å². The number of aromatic amines is 3. The molecule has 80 heavy (non-hydrogen) atoms. The largest absolute Gasteiger partial charge is 0.493 e. The van der Waals surface area contributed by atoms with Gasteiger partial charge in [-0.05, 0) is 140 Å². The van der Waals surface area contributed by atoms with E-state index in [1.807, 2.05) is 49.4 Å². The Morgan fingerprint density at radius 3 is 1.57 bits per heavy atom. The van der Waals surface area contributed by atoms with E-state index in [0.717, 1.165) is 135 Å². The number of benzene rings is 6. The second-order valence-electron chi connectivity index (χ2n) is 20.1. The molecule has 0 saturated heterocycles. The highest BCUT2D eigenvalue weighted by atomic mass is 16.5. The average Bonchev–Trinajstić information content (AvgIpc) is 4.41. The molecular weight excluding hydrogens is 1010 g/mol. The molecule has 0 fully saturated rings. The summed E-state index contributed by atoms with van der Waals surface area (Å²) in [7, 11) is 6.64. The van der Waals surface area contributed by atoms with E-state index in [1.54, 1.807) is 28.4 Å². The number of methoxy groups -OCH3 is 4. The van der Waals surface area contributed by atoms with Crippen molar-refractivity contribution in [2.45, 2.75) is 79.1 Å². The van der Waals surface area contributed by atoms with Gasteiger partial charge in [-0.3, -0.25) is 15.3 Å². The number of ether oxygens (including phenoxy) is 6. The summed E-state index contributed by atoms with van der Waals surface area (Å²) in [5, 5.41) is 42.5. The first-order chi connectivity index (χ1) is 39.1. The predicted octanol–water partition coefficient (Wildman–Crippen LogP) is 13.9. The number of anilines is 6. The number of hydrogen-bond donors (Lipinski definition) is 7. The summed E-state index contributed by atoms with van der Waals surface area (Å²) in [4.78, 5) is 0. The fraction of sp³-hybridized carbons (Fsp3) is 0.297. The summed E-state index contributed by atoms with van der Waals surface area (Å²) in [6, 6.07) is 37.3. The van der Waals surface area contributed by atoms with Crippen LogP contribution in [0.25, 0.3) is 33.8 Å². The molecule has 3 aliphatic carbocycles. The van der Waals surface area contributed by atoms with Gasteiger partial charge in [0.05, 0.1) is 58.7 Å². The molecule has 1 atom stereocenters. The highest BCUT2D eigenvalue weighted by Crippen LogP contribution is 2.52. The van der Waals surface area contributed by atoms with Crippen molar-refractivity contribution in [3.63, 3.8) is 0 Å². The van der Waals surface area contributed by atoms with Gasteiger partial charge >= 0.3 is 0 Å². The Kier molecular flexibility index (Phi) is 16.6. The Labute approximate surface area is 467 Å². The second-order valence-corrected chi connectivity index (χ2v) is 20.1. The lowest BCUT2D eigenvalue weighted by atomic mass is 9.94. The average molecular weight is 1080 g/mol. The fourth-order valence-corrected chi connectivity index (χ4v) is 10.9. The number of fused-ring (bicyclic) bond motifs is 9. The first kappa shape index (κ1) is 54.5. The summed E-state index contributed by atoms with van der Waals surface area (Å²) in [6.07, 6.45) is 5.37. The molecule has 0 radical (unpaired) electrons. The summed E-state index contributed by atoms with van der Waals surface area (Å²) >= 11 is 0. The van der Waals surface area contributed by atoms with Gasteiger partial charge in [-0.2, -0.15) is 15.3 Å². The molecule has 0 amide bonds. The van der Waals surface area contributed by atoms with Crippen LogP contribution in [0.15, 0.2) is 109 Å². The van der Waals surface area contributed by atoms with E-state index >= 15 is 0 Å². The maximum absolute atomic E-state index is 9.04. The van der Waals surface area contributed by atoms with Gasteiger partial charge in [-0.25, -0.2) is 0 Å². The van der Waals surface area contributed by atoms with Gasteiger partial charge in [0.25, 0.3) is 0 Å². The molecule has 3 aliphatic rings.